The van der Waals surface area contributed by atoms with Crippen LogP contribution in [0.5, 0.6) is 0 Å². The summed E-state index contributed by atoms with van der Waals surface area (Å²) in [4.78, 5) is 27.4. The lowest BCUT2D eigenvalue weighted by Crippen LogP contribution is -2.16. The number of carbonyl (C=O) groups is 2. The van der Waals surface area contributed by atoms with Gasteiger partial charge in [-0.05, 0) is 12.1 Å². The van der Waals surface area contributed by atoms with Gasteiger partial charge in [-0.25, -0.2) is 14.5 Å². The Kier molecular flexibility index (Phi) is 4.92. The van der Waals surface area contributed by atoms with Gasteiger partial charge in [-0.3, -0.25) is 14.8 Å². The molecule has 0 atom stereocenters. The van der Waals surface area contributed by atoms with Crippen molar-refractivity contribution in [1.82, 2.24) is 24.5 Å². The van der Waals surface area contributed by atoms with Crippen molar-refractivity contribution in [3.05, 3.63) is 57.6 Å². The minimum atomic E-state index is -1.30. The molecule has 26 heavy (non-hydrogen) atoms. The zero-order chi connectivity index (χ0) is 18.8. The quantitative estimate of drug-likeness (QED) is 0.685. The van der Waals surface area contributed by atoms with E-state index in [9.17, 15) is 9.59 Å². The molecular formula is C15H12Cl2N6O3. The van der Waals surface area contributed by atoms with E-state index < -0.39 is 11.9 Å². The maximum atomic E-state index is 12.3. The molecule has 9 nitrogen and oxygen atoms in total. The first-order chi connectivity index (χ1) is 12.3. The lowest BCUT2D eigenvalue weighted by atomic mass is 10.2. The lowest BCUT2D eigenvalue weighted by Gasteiger charge is -2.06. The Bertz CT molecular complexity index is 977. The Morgan fingerprint density at radius 2 is 1.92 bits per heavy atom. The van der Waals surface area contributed by atoms with Crippen molar-refractivity contribution in [2.45, 2.75) is 6.54 Å². The molecule has 0 aliphatic heterocycles. The van der Waals surface area contributed by atoms with E-state index in [1.54, 1.807) is 18.2 Å². The van der Waals surface area contributed by atoms with Crippen molar-refractivity contribution in [3.8, 4) is 0 Å². The van der Waals surface area contributed by atoms with Gasteiger partial charge in [-0.15, -0.1) is 5.10 Å². The molecule has 1 amide bonds. The molecule has 2 N–H and O–H groups in total. The highest BCUT2D eigenvalue weighted by molar-refractivity contribution is 6.35. The number of nitrogens with one attached hydrogen (secondary N) is 1. The van der Waals surface area contributed by atoms with E-state index in [-0.39, 0.29) is 23.8 Å². The van der Waals surface area contributed by atoms with Crippen LogP contribution in [0.25, 0.3) is 0 Å². The van der Waals surface area contributed by atoms with Crippen molar-refractivity contribution >= 4 is 41.0 Å². The van der Waals surface area contributed by atoms with Gasteiger partial charge in [-0.1, -0.05) is 29.3 Å². The van der Waals surface area contributed by atoms with Gasteiger partial charge >= 0.3 is 5.97 Å². The molecule has 3 aromatic rings. The average Bonchev–Trinajstić information content (AvgIpc) is 3.17. The van der Waals surface area contributed by atoms with E-state index in [2.05, 4.69) is 20.5 Å². The molecule has 2 heterocycles. The highest BCUT2D eigenvalue weighted by Crippen LogP contribution is 2.24. The number of aryl methyl sites for hydroxylation is 1. The Morgan fingerprint density at radius 3 is 2.58 bits per heavy atom. The zero-order valence-electron chi connectivity index (χ0n) is 13.3. The first-order valence-corrected chi connectivity index (χ1v) is 8.01. The van der Waals surface area contributed by atoms with Gasteiger partial charge in [0.2, 0.25) is 5.95 Å². The highest BCUT2D eigenvalue weighted by Gasteiger charge is 2.22. The predicted octanol–water partition coefficient (Wildman–Crippen LogP) is 2.32. The lowest BCUT2D eigenvalue weighted by molar-refractivity contribution is 0.0685. The Morgan fingerprint density at radius 1 is 1.23 bits per heavy atom. The fraction of sp³-hybridized carbons (Fsp3) is 0.133. The summed E-state index contributed by atoms with van der Waals surface area (Å²) in [5.41, 5.74) is 0.219. The molecule has 0 aliphatic carbocycles. The molecule has 0 bridgehead atoms. The predicted molar refractivity (Wildman–Crippen MR) is 93.7 cm³/mol. The number of halogens is 2. The largest absolute Gasteiger partial charge is 0.476 e. The first kappa shape index (κ1) is 17.9. The summed E-state index contributed by atoms with van der Waals surface area (Å²) in [6.45, 7) is 0.259. The van der Waals surface area contributed by atoms with Crippen molar-refractivity contribution in [2.24, 2.45) is 7.05 Å². The molecule has 1 aromatic carbocycles. The summed E-state index contributed by atoms with van der Waals surface area (Å²) in [7, 11) is 1.52. The fourth-order valence-corrected chi connectivity index (χ4v) is 2.77. The number of hydrogen-bond donors (Lipinski definition) is 2. The highest BCUT2D eigenvalue weighted by atomic mass is 35.5. The number of aromatic carboxylic acids is 1. The summed E-state index contributed by atoms with van der Waals surface area (Å²) in [5, 5.41) is 20.4. The third-order valence-electron chi connectivity index (χ3n) is 3.42. The van der Waals surface area contributed by atoms with Gasteiger partial charge in [0.1, 0.15) is 6.33 Å². The van der Waals surface area contributed by atoms with E-state index in [1.165, 1.54) is 28.9 Å². The van der Waals surface area contributed by atoms with Crippen molar-refractivity contribution in [3.63, 3.8) is 0 Å². The zero-order valence-corrected chi connectivity index (χ0v) is 14.9. The van der Waals surface area contributed by atoms with Crippen LogP contribution in [0.3, 0.4) is 0 Å². The van der Waals surface area contributed by atoms with E-state index in [4.69, 9.17) is 28.3 Å². The second-order valence-electron chi connectivity index (χ2n) is 5.29. The number of benzene rings is 1. The van der Waals surface area contributed by atoms with Crippen molar-refractivity contribution < 1.29 is 14.7 Å². The van der Waals surface area contributed by atoms with Crippen LogP contribution in [0.15, 0.2) is 30.7 Å². The summed E-state index contributed by atoms with van der Waals surface area (Å²) in [5.74, 6) is -1.97. The number of rotatable bonds is 5. The molecule has 0 saturated carbocycles. The van der Waals surface area contributed by atoms with Crippen LogP contribution in [0, 0.1) is 0 Å². The number of amides is 1. The Hall–Kier alpha value is -2.91. The topological polar surface area (TPSA) is 115 Å². The van der Waals surface area contributed by atoms with Gasteiger partial charge in [-0.2, -0.15) is 5.10 Å². The molecule has 0 spiro atoms. The van der Waals surface area contributed by atoms with E-state index >= 15 is 0 Å². The van der Waals surface area contributed by atoms with Crippen LogP contribution in [0.2, 0.25) is 10.0 Å². The van der Waals surface area contributed by atoms with Gasteiger partial charge in [0.25, 0.3) is 5.91 Å². The minimum Gasteiger partial charge on any atom is -0.476 e. The second-order valence-corrected chi connectivity index (χ2v) is 6.10. The van der Waals surface area contributed by atoms with Crippen LogP contribution < -0.4 is 5.32 Å². The summed E-state index contributed by atoms with van der Waals surface area (Å²) in [6.07, 6.45) is 2.70. The van der Waals surface area contributed by atoms with Crippen LogP contribution in [-0.4, -0.2) is 41.5 Å². The first-order valence-electron chi connectivity index (χ1n) is 7.25. The number of hydrogen-bond acceptors (Lipinski definition) is 5. The Labute approximate surface area is 157 Å². The standard InChI is InChI=1S/C15H12Cl2N6O3/c1-22-5-9(12(20-22)14(25)26)13(24)19-15-18-7-23(21-15)6-8-10(16)3-2-4-11(8)17/h2-5,7H,6H2,1H3,(H,25,26)(H,19,21,24). The number of nitrogens with zero attached hydrogens (tertiary/aromatic N) is 5. The third-order valence-corrected chi connectivity index (χ3v) is 4.13. The van der Waals surface area contributed by atoms with E-state index in [1.807, 2.05) is 0 Å². The number of carboxylic acid groups (broad SMARTS) is 1. The van der Waals surface area contributed by atoms with Gasteiger partial charge < -0.3 is 5.11 Å². The number of carboxylic acids is 1. The molecule has 0 fully saturated rings. The minimum absolute atomic E-state index is 0.0124. The molecule has 0 saturated heterocycles. The maximum Gasteiger partial charge on any atom is 0.357 e. The monoisotopic (exact) mass is 394 g/mol. The van der Waals surface area contributed by atoms with Crippen molar-refractivity contribution in [1.29, 1.82) is 0 Å². The maximum absolute atomic E-state index is 12.3. The Balaban J connectivity index is 1.77. The fourth-order valence-electron chi connectivity index (χ4n) is 2.25. The summed E-state index contributed by atoms with van der Waals surface area (Å²) in [6, 6.07) is 5.14. The molecule has 11 heteroatoms. The van der Waals surface area contributed by atoms with Crippen LogP contribution in [0.4, 0.5) is 5.95 Å². The molecule has 3 rings (SSSR count). The molecule has 2 aromatic heterocycles. The normalized spacial score (nSPS) is 10.7. The SMILES string of the molecule is Cn1cc(C(=O)Nc2ncn(Cc3c(Cl)cccc3Cl)n2)c(C(=O)O)n1. The molecule has 134 valence electrons. The number of carbonyl (C=O) groups excluding carboxylic acids is 1. The molecule has 0 radical (unpaired) electrons. The summed E-state index contributed by atoms with van der Waals surface area (Å²) >= 11 is 12.2. The molecular weight excluding hydrogens is 383 g/mol. The number of anilines is 1. The third kappa shape index (κ3) is 3.68. The molecule has 0 unspecified atom stereocenters. The molecule has 0 aliphatic rings. The smallest absolute Gasteiger partial charge is 0.357 e. The van der Waals surface area contributed by atoms with E-state index in [0.717, 1.165) is 0 Å². The average molecular weight is 395 g/mol. The van der Waals surface area contributed by atoms with Gasteiger partial charge in [0.15, 0.2) is 5.69 Å². The van der Waals surface area contributed by atoms with Crippen molar-refractivity contribution in [2.75, 3.05) is 5.32 Å². The number of aromatic nitrogens is 5. The van der Waals surface area contributed by atoms with Gasteiger partial charge in [0, 0.05) is 28.9 Å². The van der Waals surface area contributed by atoms with Crippen LogP contribution in [-0.2, 0) is 13.6 Å². The second kappa shape index (κ2) is 7.14. The van der Waals surface area contributed by atoms with E-state index in [0.29, 0.717) is 15.6 Å². The van der Waals surface area contributed by atoms with Gasteiger partial charge in [0.05, 0.1) is 12.1 Å². The van der Waals surface area contributed by atoms with Crippen LogP contribution >= 0.6 is 23.2 Å². The van der Waals surface area contributed by atoms with Crippen LogP contribution in [0.1, 0.15) is 26.4 Å². The summed E-state index contributed by atoms with van der Waals surface area (Å²) < 4.78 is 2.69.